The van der Waals surface area contributed by atoms with Crippen molar-refractivity contribution in [1.82, 2.24) is 0 Å². The minimum atomic E-state index is -0.475. The number of thioether (sulfide) groups is 1. The third-order valence-corrected chi connectivity index (χ3v) is 3.57. The number of rotatable bonds is 1. The maximum atomic E-state index is 13.1. The average Bonchev–Trinajstić information content (AvgIpc) is 2.66. The molecule has 1 heterocycles. The summed E-state index contributed by atoms with van der Waals surface area (Å²) in [6.07, 6.45) is 0.218. The zero-order valence-corrected chi connectivity index (χ0v) is 9.05. The average molecular weight is 223 g/mol. The Balaban J connectivity index is 2.26. The molecule has 0 aromatic heterocycles. The molecule has 0 spiro atoms. The van der Waals surface area contributed by atoms with Crippen LogP contribution in [0.3, 0.4) is 0 Å². The molecule has 78 valence electrons. The number of nitrogens with zero attached hydrogens (tertiary/aromatic N) is 1. The highest BCUT2D eigenvalue weighted by molar-refractivity contribution is 7.99. The van der Waals surface area contributed by atoms with Gasteiger partial charge in [-0.25, -0.2) is 4.39 Å². The summed E-state index contributed by atoms with van der Waals surface area (Å²) in [5.41, 5.74) is 0.881. The number of ether oxygens (including phenoxy) is 1. The quantitative estimate of drug-likeness (QED) is 0.734. The van der Waals surface area contributed by atoms with E-state index < -0.39 is 5.82 Å². The van der Waals surface area contributed by atoms with Crippen LogP contribution in [-0.2, 0) is 4.74 Å². The van der Waals surface area contributed by atoms with Gasteiger partial charge in [0.15, 0.2) is 0 Å². The van der Waals surface area contributed by atoms with E-state index in [9.17, 15) is 4.39 Å². The molecule has 0 saturated carbocycles. The molecular weight excluding hydrogens is 213 g/mol. The molecule has 0 bridgehead atoms. The molecule has 0 N–H and O–H groups in total. The van der Waals surface area contributed by atoms with Crippen molar-refractivity contribution in [2.45, 2.75) is 18.5 Å². The molecule has 1 aliphatic heterocycles. The van der Waals surface area contributed by atoms with Gasteiger partial charge in [0.1, 0.15) is 17.3 Å². The van der Waals surface area contributed by atoms with Crippen molar-refractivity contribution in [1.29, 1.82) is 5.26 Å². The van der Waals surface area contributed by atoms with E-state index in [0.717, 1.165) is 11.3 Å². The van der Waals surface area contributed by atoms with E-state index in [0.29, 0.717) is 0 Å². The van der Waals surface area contributed by atoms with E-state index in [-0.39, 0.29) is 17.1 Å². The van der Waals surface area contributed by atoms with Gasteiger partial charge in [0.05, 0.1) is 11.7 Å². The standard InChI is InChI=1S/C11H10FNOS/c1-7-6-15-11(14-7)8-2-3-10(12)9(4-8)5-13/h2-4,7,11H,6H2,1H3. The zero-order chi connectivity index (χ0) is 10.8. The second-order valence-corrected chi connectivity index (χ2v) is 4.56. The van der Waals surface area contributed by atoms with Crippen molar-refractivity contribution < 1.29 is 9.13 Å². The number of halogens is 1. The van der Waals surface area contributed by atoms with Crippen molar-refractivity contribution in [2.24, 2.45) is 0 Å². The third-order valence-electron chi connectivity index (χ3n) is 2.22. The normalized spacial score (nSPS) is 25.1. The van der Waals surface area contributed by atoms with Gasteiger partial charge in [0.2, 0.25) is 0 Å². The van der Waals surface area contributed by atoms with E-state index >= 15 is 0 Å². The van der Waals surface area contributed by atoms with Gasteiger partial charge in [-0.2, -0.15) is 5.26 Å². The summed E-state index contributed by atoms with van der Waals surface area (Å²) >= 11 is 1.67. The van der Waals surface area contributed by atoms with Gasteiger partial charge in [0.25, 0.3) is 0 Å². The minimum Gasteiger partial charge on any atom is -0.359 e. The summed E-state index contributed by atoms with van der Waals surface area (Å²) in [5, 5.41) is 8.70. The summed E-state index contributed by atoms with van der Waals surface area (Å²) in [4.78, 5) is 0. The molecule has 2 nitrogen and oxygen atoms in total. The summed E-state index contributed by atoms with van der Waals surface area (Å²) in [7, 11) is 0. The molecule has 2 rings (SSSR count). The fourth-order valence-corrected chi connectivity index (χ4v) is 2.59. The van der Waals surface area contributed by atoms with Gasteiger partial charge < -0.3 is 4.74 Å². The first-order chi connectivity index (χ1) is 7.20. The van der Waals surface area contributed by atoms with Crippen LogP contribution in [0.25, 0.3) is 0 Å². The van der Waals surface area contributed by atoms with Gasteiger partial charge in [-0.3, -0.25) is 0 Å². The summed E-state index contributed by atoms with van der Waals surface area (Å²) < 4.78 is 18.7. The van der Waals surface area contributed by atoms with Crippen molar-refractivity contribution >= 4 is 11.8 Å². The highest BCUT2D eigenvalue weighted by Gasteiger charge is 2.24. The van der Waals surface area contributed by atoms with Gasteiger partial charge in [-0.1, -0.05) is 6.07 Å². The smallest absolute Gasteiger partial charge is 0.140 e. The van der Waals surface area contributed by atoms with Crippen LogP contribution in [0.4, 0.5) is 4.39 Å². The predicted octanol–water partition coefficient (Wildman–Crippen LogP) is 2.85. The van der Waals surface area contributed by atoms with E-state index in [1.807, 2.05) is 13.0 Å². The Labute approximate surface area is 92.0 Å². The second kappa shape index (κ2) is 4.21. The van der Waals surface area contributed by atoms with Crippen LogP contribution in [0.1, 0.15) is 23.5 Å². The van der Waals surface area contributed by atoms with Crippen LogP contribution in [0, 0.1) is 17.1 Å². The maximum absolute atomic E-state index is 13.1. The topological polar surface area (TPSA) is 33.0 Å². The Hall–Kier alpha value is -1.05. The molecule has 1 aromatic rings. The molecule has 0 amide bonds. The predicted molar refractivity (Wildman–Crippen MR) is 56.9 cm³/mol. The van der Waals surface area contributed by atoms with E-state index in [4.69, 9.17) is 10.00 Å². The lowest BCUT2D eigenvalue weighted by Gasteiger charge is -2.10. The van der Waals surface area contributed by atoms with Crippen LogP contribution in [-0.4, -0.2) is 11.9 Å². The van der Waals surface area contributed by atoms with Crippen LogP contribution in [0.2, 0.25) is 0 Å². The maximum Gasteiger partial charge on any atom is 0.140 e. The lowest BCUT2D eigenvalue weighted by Crippen LogP contribution is -2.03. The Kier molecular flexibility index (Phi) is 2.94. The van der Waals surface area contributed by atoms with Crippen LogP contribution in [0.5, 0.6) is 0 Å². The summed E-state index contributed by atoms with van der Waals surface area (Å²) in [6.45, 7) is 2.00. The van der Waals surface area contributed by atoms with Crippen LogP contribution >= 0.6 is 11.8 Å². The number of hydrogen-bond acceptors (Lipinski definition) is 3. The molecule has 4 heteroatoms. The first-order valence-corrected chi connectivity index (χ1v) is 5.72. The Morgan fingerprint density at radius 1 is 1.60 bits per heavy atom. The highest BCUT2D eigenvalue weighted by Crippen LogP contribution is 2.38. The molecule has 1 aliphatic rings. The molecule has 2 atom stereocenters. The number of nitriles is 1. The monoisotopic (exact) mass is 223 g/mol. The van der Waals surface area contributed by atoms with Crippen LogP contribution in [0.15, 0.2) is 18.2 Å². The molecule has 1 saturated heterocycles. The Bertz CT molecular complexity index is 416. The first-order valence-electron chi connectivity index (χ1n) is 4.67. The lowest BCUT2D eigenvalue weighted by atomic mass is 10.1. The number of hydrogen-bond donors (Lipinski definition) is 0. The van der Waals surface area contributed by atoms with E-state index in [1.165, 1.54) is 6.07 Å². The largest absolute Gasteiger partial charge is 0.359 e. The lowest BCUT2D eigenvalue weighted by molar-refractivity contribution is 0.0789. The van der Waals surface area contributed by atoms with E-state index in [1.54, 1.807) is 23.9 Å². The summed E-state index contributed by atoms with van der Waals surface area (Å²) in [5.74, 6) is 0.460. The Morgan fingerprint density at radius 2 is 2.40 bits per heavy atom. The molecule has 1 fully saturated rings. The molecule has 0 aliphatic carbocycles. The van der Waals surface area contributed by atoms with Crippen molar-refractivity contribution in [2.75, 3.05) is 5.75 Å². The van der Waals surface area contributed by atoms with Crippen LogP contribution < -0.4 is 0 Å². The fraction of sp³-hybridized carbons (Fsp3) is 0.364. The Morgan fingerprint density at radius 3 is 3.00 bits per heavy atom. The van der Waals surface area contributed by atoms with Gasteiger partial charge in [-0.05, 0) is 24.6 Å². The SMILES string of the molecule is CC1CSC(c2ccc(F)c(C#N)c2)O1. The zero-order valence-electron chi connectivity index (χ0n) is 8.24. The van der Waals surface area contributed by atoms with Crippen molar-refractivity contribution in [3.05, 3.63) is 35.1 Å². The second-order valence-electron chi connectivity index (χ2n) is 3.46. The highest BCUT2D eigenvalue weighted by atomic mass is 32.2. The van der Waals surface area contributed by atoms with Crippen molar-refractivity contribution in [3.8, 4) is 6.07 Å². The van der Waals surface area contributed by atoms with E-state index in [2.05, 4.69) is 0 Å². The first kappa shape index (κ1) is 10.5. The third kappa shape index (κ3) is 2.14. The molecule has 15 heavy (non-hydrogen) atoms. The van der Waals surface area contributed by atoms with Gasteiger partial charge in [-0.15, -0.1) is 11.8 Å². The van der Waals surface area contributed by atoms with Gasteiger partial charge in [0, 0.05) is 5.75 Å². The molecular formula is C11H10FNOS. The number of benzene rings is 1. The molecule has 0 radical (unpaired) electrons. The van der Waals surface area contributed by atoms with Gasteiger partial charge >= 0.3 is 0 Å². The van der Waals surface area contributed by atoms with Crippen molar-refractivity contribution in [3.63, 3.8) is 0 Å². The minimum absolute atomic E-state index is 0.0623. The molecule has 2 unspecified atom stereocenters. The summed E-state index contributed by atoms with van der Waals surface area (Å²) in [6, 6.07) is 6.38. The molecule has 1 aromatic carbocycles. The fourth-order valence-electron chi connectivity index (χ4n) is 1.46.